The van der Waals surface area contributed by atoms with Crippen molar-refractivity contribution in [3.05, 3.63) is 22.9 Å². The number of ether oxygens (including phenoxy) is 1. The molecule has 0 heterocycles. The zero-order chi connectivity index (χ0) is 15.3. The third kappa shape index (κ3) is 4.76. The van der Waals surface area contributed by atoms with E-state index in [-0.39, 0.29) is 5.57 Å². The number of alkyl carbamates (subject to hydrolysis) is 1. The second-order valence-corrected chi connectivity index (χ2v) is 5.53. The number of amides is 2. The lowest BCUT2D eigenvalue weighted by atomic mass is 9.95. The molecule has 20 heavy (non-hydrogen) atoms. The first kappa shape index (κ1) is 15.8. The smallest absolute Gasteiger partial charge is 0.411 e. The van der Waals surface area contributed by atoms with Gasteiger partial charge in [0.2, 0.25) is 0 Å². The Labute approximate surface area is 118 Å². The molecule has 0 unspecified atom stereocenters. The van der Waals surface area contributed by atoms with Crippen LogP contribution in [-0.4, -0.2) is 17.6 Å². The van der Waals surface area contributed by atoms with Gasteiger partial charge in [0.1, 0.15) is 17.2 Å². The van der Waals surface area contributed by atoms with Crippen molar-refractivity contribution >= 4 is 12.0 Å². The molecule has 1 aliphatic rings. The summed E-state index contributed by atoms with van der Waals surface area (Å²) in [6.45, 7) is 5.32. The Morgan fingerprint density at radius 2 is 2.05 bits per heavy atom. The van der Waals surface area contributed by atoms with Gasteiger partial charge in [0.05, 0.1) is 0 Å². The summed E-state index contributed by atoms with van der Waals surface area (Å²) < 4.78 is 5.15. The zero-order valence-corrected chi connectivity index (χ0v) is 11.9. The SMILES string of the molecule is CC(C)(C)OC(=O)NC1=C/C(=C(/C#N)C(N)=O)CCC1. The number of nitriles is 1. The Morgan fingerprint density at radius 3 is 2.55 bits per heavy atom. The second-order valence-electron chi connectivity index (χ2n) is 5.53. The highest BCUT2D eigenvalue weighted by Crippen LogP contribution is 2.23. The van der Waals surface area contributed by atoms with Crippen LogP contribution < -0.4 is 11.1 Å². The van der Waals surface area contributed by atoms with Gasteiger partial charge in [0.25, 0.3) is 5.91 Å². The molecular weight excluding hydrogens is 258 g/mol. The van der Waals surface area contributed by atoms with E-state index in [1.165, 1.54) is 0 Å². The molecule has 0 aliphatic heterocycles. The van der Waals surface area contributed by atoms with Crippen LogP contribution in [0.1, 0.15) is 40.0 Å². The molecular formula is C14H19N3O3. The molecule has 0 bridgehead atoms. The topological polar surface area (TPSA) is 105 Å². The van der Waals surface area contributed by atoms with Crippen LogP contribution in [-0.2, 0) is 9.53 Å². The molecule has 3 N–H and O–H groups in total. The van der Waals surface area contributed by atoms with Gasteiger partial charge in [-0.05, 0) is 51.7 Å². The Morgan fingerprint density at radius 1 is 1.40 bits per heavy atom. The summed E-state index contributed by atoms with van der Waals surface area (Å²) in [5.74, 6) is -0.753. The van der Waals surface area contributed by atoms with Crippen molar-refractivity contribution in [3.63, 3.8) is 0 Å². The molecule has 0 aromatic heterocycles. The van der Waals surface area contributed by atoms with E-state index < -0.39 is 17.6 Å². The molecule has 108 valence electrons. The van der Waals surface area contributed by atoms with E-state index in [2.05, 4.69) is 5.32 Å². The van der Waals surface area contributed by atoms with Crippen molar-refractivity contribution in [2.75, 3.05) is 0 Å². The number of nitrogens with one attached hydrogen (secondary N) is 1. The number of rotatable bonds is 2. The number of hydrogen-bond acceptors (Lipinski definition) is 4. The van der Waals surface area contributed by atoms with Crippen molar-refractivity contribution in [1.82, 2.24) is 5.32 Å². The largest absolute Gasteiger partial charge is 0.444 e. The lowest BCUT2D eigenvalue weighted by Crippen LogP contribution is -2.32. The molecule has 0 saturated heterocycles. The van der Waals surface area contributed by atoms with E-state index in [4.69, 9.17) is 15.7 Å². The monoisotopic (exact) mass is 277 g/mol. The lowest BCUT2D eigenvalue weighted by Gasteiger charge is -2.22. The summed E-state index contributed by atoms with van der Waals surface area (Å²) in [7, 11) is 0. The fourth-order valence-corrected chi connectivity index (χ4v) is 1.84. The summed E-state index contributed by atoms with van der Waals surface area (Å²) in [5, 5.41) is 11.5. The third-order valence-electron chi connectivity index (χ3n) is 2.58. The molecule has 0 spiro atoms. The van der Waals surface area contributed by atoms with Crippen LogP contribution in [0.4, 0.5) is 4.79 Å². The Bertz CT molecular complexity index is 519. The van der Waals surface area contributed by atoms with Gasteiger partial charge in [-0.25, -0.2) is 4.79 Å². The number of allylic oxidation sites excluding steroid dienone is 3. The average Bonchev–Trinajstić information content (AvgIpc) is 2.26. The van der Waals surface area contributed by atoms with E-state index in [1.54, 1.807) is 32.9 Å². The fourth-order valence-electron chi connectivity index (χ4n) is 1.84. The summed E-state index contributed by atoms with van der Waals surface area (Å²) in [4.78, 5) is 22.8. The summed E-state index contributed by atoms with van der Waals surface area (Å²) in [5.41, 5.74) is 5.68. The van der Waals surface area contributed by atoms with Gasteiger partial charge in [-0.2, -0.15) is 5.26 Å². The van der Waals surface area contributed by atoms with Gasteiger partial charge in [-0.3, -0.25) is 10.1 Å². The number of nitrogens with two attached hydrogens (primary N) is 1. The molecule has 2 amide bonds. The quantitative estimate of drug-likeness (QED) is 0.593. The third-order valence-corrected chi connectivity index (χ3v) is 2.58. The van der Waals surface area contributed by atoms with Gasteiger partial charge in [-0.1, -0.05) is 0 Å². The van der Waals surface area contributed by atoms with Crippen LogP contribution in [0, 0.1) is 11.3 Å². The van der Waals surface area contributed by atoms with Crippen LogP contribution in [0.5, 0.6) is 0 Å². The van der Waals surface area contributed by atoms with Gasteiger partial charge in [0.15, 0.2) is 0 Å². The van der Waals surface area contributed by atoms with Crippen LogP contribution in [0.2, 0.25) is 0 Å². The minimum absolute atomic E-state index is 0.0619. The van der Waals surface area contributed by atoms with Crippen LogP contribution in [0.3, 0.4) is 0 Å². The number of hydrogen-bond donors (Lipinski definition) is 2. The lowest BCUT2D eigenvalue weighted by molar-refractivity contribution is -0.114. The highest BCUT2D eigenvalue weighted by atomic mass is 16.6. The Kier molecular flexibility index (Phi) is 4.92. The zero-order valence-electron chi connectivity index (χ0n) is 11.9. The molecule has 0 aromatic rings. The molecule has 0 atom stereocenters. The predicted molar refractivity (Wildman–Crippen MR) is 73.1 cm³/mol. The minimum Gasteiger partial charge on any atom is -0.444 e. The van der Waals surface area contributed by atoms with Crippen molar-refractivity contribution in [2.24, 2.45) is 5.73 Å². The maximum atomic E-state index is 11.7. The van der Waals surface area contributed by atoms with Gasteiger partial charge >= 0.3 is 6.09 Å². The van der Waals surface area contributed by atoms with E-state index in [9.17, 15) is 9.59 Å². The van der Waals surface area contributed by atoms with Gasteiger partial charge < -0.3 is 10.5 Å². The highest BCUT2D eigenvalue weighted by molar-refractivity contribution is 5.97. The van der Waals surface area contributed by atoms with E-state index in [0.717, 1.165) is 6.42 Å². The normalized spacial score (nSPS) is 17.6. The number of carbonyl (C=O) groups excluding carboxylic acids is 2. The molecule has 0 radical (unpaired) electrons. The van der Waals surface area contributed by atoms with Crippen molar-refractivity contribution in [2.45, 2.75) is 45.6 Å². The van der Waals surface area contributed by atoms with Crippen molar-refractivity contribution in [3.8, 4) is 6.07 Å². The maximum Gasteiger partial charge on any atom is 0.411 e. The predicted octanol–water partition coefficient (Wildman–Crippen LogP) is 1.88. The minimum atomic E-state index is -0.753. The van der Waals surface area contributed by atoms with Gasteiger partial charge in [-0.15, -0.1) is 0 Å². The highest BCUT2D eigenvalue weighted by Gasteiger charge is 2.19. The first-order valence-electron chi connectivity index (χ1n) is 6.36. The van der Waals surface area contributed by atoms with Crippen molar-refractivity contribution in [1.29, 1.82) is 5.26 Å². The maximum absolute atomic E-state index is 11.7. The van der Waals surface area contributed by atoms with Crippen LogP contribution in [0.25, 0.3) is 0 Å². The molecule has 0 fully saturated rings. The molecule has 6 heteroatoms. The number of primary amides is 1. The molecule has 6 nitrogen and oxygen atoms in total. The number of nitrogens with zero attached hydrogens (tertiary/aromatic N) is 1. The van der Waals surface area contributed by atoms with Crippen LogP contribution in [0.15, 0.2) is 22.9 Å². The van der Waals surface area contributed by atoms with Crippen LogP contribution >= 0.6 is 0 Å². The van der Waals surface area contributed by atoms with E-state index >= 15 is 0 Å². The van der Waals surface area contributed by atoms with Crippen molar-refractivity contribution < 1.29 is 14.3 Å². The van der Waals surface area contributed by atoms with E-state index in [0.29, 0.717) is 24.1 Å². The van der Waals surface area contributed by atoms with E-state index in [1.807, 2.05) is 0 Å². The molecule has 0 aromatic carbocycles. The average molecular weight is 277 g/mol. The molecule has 0 saturated carbocycles. The first-order valence-corrected chi connectivity index (χ1v) is 6.36. The summed E-state index contributed by atoms with van der Waals surface area (Å²) in [6.07, 6.45) is 3.04. The first-order chi connectivity index (χ1) is 9.23. The summed E-state index contributed by atoms with van der Waals surface area (Å²) in [6, 6.07) is 1.80. The molecule has 1 aliphatic carbocycles. The molecule has 1 rings (SSSR count). The second kappa shape index (κ2) is 6.24. The fraction of sp³-hybridized carbons (Fsp3) is 0.500. The summed E-state index contributed by atoms with van der Waals surface area (Å²) >= 11 is 0. The van der Waals surface area contributed by atoms with Gasteiger partial charge in [0, 0.05) is 5.70 Å². The Hall–Kier alpha value is -2.29. The number of carbonyl (C=O) groups is 2. The standard InChI is InChI=1S/C14H19N3O3/c1-14(2,3)20-13(19)17-10-6-4-5-9(7-10)11(8-15)12(16)18/h7H,4-6H2,1-3H3,(H2,16,18)(H,17,19)/b11-9-. The Balaban J connectivity index is 2.87.